The van der Waals surface area contributed by atoms with Gasteiger partial charge in [0.25, 0.3) is 0 Å². The Morgan fingerprint density at radius 2 is 2.17 bits per heavy atom. The van der Waals surface area contributed by atoms with Gasteiger partial charge in [-0.1, -0.05) is 6.92 Å². The number of carbonyl (C=O) groups excluding carboxylic acids is 1. The van der Waals surface area contributed by atoms with Gasteiger partial charge in [-0.05, 0) is 25.3 Å². The van der Waals surface area contributed by atoms with E-state index in [-0.39, 0.29) is 11.8 Å². The smallest absolute Gasteiger partial charge is 0.224 e. The van der Waals surface area contributed by atoms with Gasteiger partial charge in [-0.2, -0.15) is 0 Å². The summed E-state index contributed by atoms with van der Waals surface area (Å²) in [5.41, 5.74) is 0. The Hall–Kier alpha value is -0.570. The number of hydrogen-bond acceptors (Lipinski definition) is 2. The summed E-state index contributed by atoms with van der Waals surface area (Å²) in [5, 5.41) is 6.28. The fraction of sp³-hybridized carbons (Fsp3) is 0.889. The van der Waals surface area contributed by atoms with E-state index in [1.54, 1.807) is 0 Å². The second-order valence-electron chi connectivity index (χ2n) is 4.02. The minimum atomic E-state index is 0.214. The SMILES string of the molecule is C[C@@H]1CNC[C@H]1C(=O)NC1CC1. The summed E-state index contributed by atoms with van der Waals surface area (Å²) in [7, 11) is 0. The lowest BCUT2D eigenvalue weighted by molar-refractivity contribution is -0.125. The molecule has 2 aliphatic rings. The zero-order chi connectivity index (χ0) is 8.55. The number of carbonyl (C=O) groups is 1. The molecule has 68 valence electrons. The maximum absolute atomic E-state index is 11.6. The number of nitrogens with one attached hydrogen (secondary N) is 2. The molecular weight excluding hydrogens is 152 g/mol. The van der Waals surface area contributed by atoms with Crippen LogP contribution < -0.4 is 10.6 Å². The average molecular weight is 168 g/mol. The number of rotatable bonds is 2. The maximum atomic E-state index is 11.6. The first-order valence-corrected chi connectivity index (χ1v) is 4.78. The molecule has 2 atom stereocenters. The van der Waals surface area contributed by atoms with Crippen LogP contribution in [-0.4, -0.2) is 25.0 Å². The lowest BCUT2D eigenvalue weighted by Crippen LogP contribution is -2.35. The minimum absolute atomic E-state index is 0.214. The van der Waals surface area contributed by atoms with Crippen molar-refractivity contribution in [3.8, 4) is 0 Å². The van der Waals surface area contributed by atoms with Gasteiger partial charge in [0.05, 0.1) is 5.92 Å². The molecule has 1 aliphatic carbocycles. The molecule has 0 radical (unpaired) electrons. The van der Waals surface area contributed by atoms with Crippen molar-refractivity contribution in [1.82, 2.24) is 10.6 Å². The Morgan fingerprint density at radius 1 is 1.42 bits per heavy atom. The number of hydrogen-bond donors (Lipinski definition) is 2. The Morgan fingerprint density at radius 3 is 2.67 bits per heavy atom. The second kappa shape index (κ2) is 3.05. The Labute approximate surface area is 72.9 Å². The summed E-state index contributed by atoms with van der Waals surface area (Å²) in [6.07, 6.45) is 2.36. The highest BCUT2D eigenvalue weighted by Gasteiger charge is 2.32. The van der Waals surface area contributed by atoms with Gasteiger partial charge in [0.2, 0.25) is 5.91 Å². The normalized spacial score (nSPS) is 35.1. The maximum Gasteiger partial charge on any atom is 0.224 e. The molecule has 12 heavy (non-hydrogen) atoms. The van der Waals surface area contributed by atoms with Crippen molar-refractivity contribution < 1.29 is 4.79 Å². The van der Waals surface area contributed by atoms with Crippen LogP contribution in [-0.2, 0) is 4.79 Å². The molecule has 2 N–H and O–H groups in total. The summed E-state index contributed by atoms with van der Waals surface area (Å²) >= 11 is 0. The fourth-order valence-corrected chi connectivity index (χ4v) is 1.70. The largest absolute Gasteiger partial charge is 0.353 e. The van der Waals surface area contributed by atoms with Gasteiger partial charge in [0.15, 0.2) is 0 Å². The Kier molecular flexibility index (Phi) is 2.05. The molecule has 1 heterocycles. The van der Waals surface area contributed by atoms with E-state index in [2.05, 4.69) is 17.6 Å². The van der Waals surface area contributed by atoms with E-state index in [9.17, 15) is 4.79 Å². The predicted molar refractivity (Wildman–Crippen MR) is 46.7 cm³/mol. The van der Waals surface area contributed by atoms with Gasteiger partial charge in [-0.3, -0.25) is 4.79 Å². The fourth-order valence-electron chi connectivity index (χ4n) is 1.70. The van der Waals surface area contributed by atoms with Crippen LogP contribution in [0.4, 0.5) is 0 Å². The van der Waals surface area contributed by atoms with Gasteiger partial charge in [0, 0.05) is 12.6 Å². The third kappa shape index (κ3) is 1.61. The molecule has 0 aromatic rings. The molecular formula is C9H16N2O. The van der Waals surface area contributed by atoms with Gasteiger partial charge < -0.3 is 10.6 Å². The summed E-state index contributed by atoms with van der Waals surface area (Å²) in [6.45, 7) is 3.99. The van der Waals surface area contributed by atoms with Crippen LogP contribution in [0, 0.1) is 11.8 Å². The summed E-state index contributed by atoms with van der Waals surface area (Å²) in [5.74, 6) is 0.976. The first kappa shape index (κ1) is 8.05. The van der Waals surface area contributed by atoms with Crippen molar-refractivity contribution in [3.05, 3.63) is 0 Å². The van der Waals surface area contributed by atoms with E-state index >= 15 is 0 Å². The van der Waals surface area contributed by atoms with E-state index < -0.39 is 0 Å². The minimum Gasteiger partial charge on any atom is -0.353 e. The van der Waals surface area contributed by atoms with E-state index in [0.29, 0.717) is 12.0 Å². The highest BCUT2D eigenvalue weighted by atomic mass is 16.2. The van der Waals surface area contributed by atoms with Crippen LogP contribution in [0.5, 0.6) is 0 Å². The van der Waals surface area contributed by atoms with Gasteiger partial charge in [0.1, 0.15) is 0 Å². The predicted octanol–water partition coefficient (Wildman–Crippen LogP) is 0.120. The van der Waals surface area contributed by atoms with Crippen LogP contribution in [0.2, 0.25) is 0 Å². The Balaban J connectivity index is 1.84. The second-order valence-corrected chi connectivity index (χ2v) is 4.02. The third-order valence-corrected chi connectivity index (χ3v) is 2.78. The standard InChI is InChI=1S/C9H16N2O/c1-6-4-10-5-8(6)9(12)11-7-2-3-7/h6-8,10H,2-5H2,1H3,(H,11,12)/t6-,8-/m1/s1. The van der Waals surface area contributed by atoms with Crippen LogP contribution in [0.3, 0.4) is 0 Å². The zero-order valence-corrected chi connectivity index (χ0v) is 7.47. The molecule has 1 saturated heterocycles. The van der Waals surface area contributed by atoms with E-state index in [1.165, 1.54) is 12.8 Å². The Bertz CT molecular complexity index is 189. The van der Waals surface area contributed by atoms with Crippen LogP contribution in [0.15, 0.2) is 0 Å². The topological polar surface area (TPSA) is 41.1 Å². The van der Waals surface area contributed by atoms with Crippen molar-refractivity contribution in [2.24, 2.45) is 11.8 Å². The quantitative estimate of drug-likeness (QED) is 0.615. The van der Waals surface area contributed by atoms with E-state index in [1.807, 2.05) is 0 Å². The highest BCUT2D eigenvalue weighted by molar-refractivity contribution is 5.80. The van der Waals surface area contributed by atoms with Crippen molar-refractivity contribution in [1.29, 1.82) is 0 Å². The molecule has 1 saturated carbocycles. The summed E-state index contributed by atoms with van der Waals surface area (Å²) in [4.78, 5) is 11.6. The van der Waals surface area contributed by atoms with Gasteiger partial charge in [-0.25, -0.2) is 0 Å². The van der Waals surface area contributed by atoms with Crippen molar-refractivity contribution in [2.75, 3.05) is 13.1 Å². The first-order valence-electron chi connectivity index (χ1n) is 4.78. The lowest BCUT2D eigenvalue weighted by atomic mass is 9.97. The molecule has 0 unspecified atom stereocenters. The molecule has 2 fully saturated rings. The van der Waals surface area contributed by atoms with E-state index in [0.717, 1.165) is 13.1 Å². The lowest BCUT2D eigenvalue weighted by Gasteiger charge is -2.13. The summed E-state index contributed by atoms with van der Waals surface area (Å²) in [6, 6.07) is 0.505. The third-order valence-electron chi connectivity index (χ3n) is 2.78. The van der Waals surface area contributed by atoms with Crippen LogP contribution >= 0.6 is 0 Å². The molecule has 0 aromatic heterocycles. The van der Waals surface area contributed by atoms with Crippen LogP contribution in [0.1, 0.15) is 19.8 Å². The molecule has 3 heteroatoms. The molecule has 0 aromatic carbocycles. The molecule has 2 rings (SSSR count). The number of amides is 1. The monoisotopic (exact) mass is 168 g/mol. The van der Waals surface area contributed by atoms with Crippen molar-refractivity contribution >= 4 is 5.91 Å². The van der Waals surface area contributed by atoms with Crippen molar-refractivity contribution in [3.63, 3.8) is 0 Å². The molecule has 0 spiro atoms. The summed E-state index contributed by atoms with van der Waals surface area (Å²) < 4.78 is 0. The molecule has 0 bridgehead atoms. The van der Waals surface area contributed by atoms with E-state index in [4.69, 9.17) is 0 Å². The molecule has 1 amide bonds. The van der Waals surface area contributed by atoms with Crippen molar-refractivity contribution in [2.45, 2.75) is 25.8 Å². The van der Waals surface area contributed by atoms with Crippen LogP contribution in [0.25, 0.3) is 0 Å². The van der Waals surface area contributed by atoms with Gasteiger partial charge >= 0.3 is 0 Å². The first-order chi connectivity index (χ1) is 5.77. The molecule has 1 aliphatic heterocycles. The average Bonchev–Trinajstić information content (AvgIpc) is 2.72. The zero-order valence-electron chi connectivity index (χ0n) is 7.47. The molecule has 3 nitrogen and oxygen atoms in total. The highest BCUT2D eigenvalue weighted by Crippen LogP contribution is 2.22. The van der Waals surface area contributed by atoms with Gasteiger partial charge in [-0.15, -0.1) is 0 Å².